The van der Waals surface area contributed by atoms with Crippen molar-refractivity contribution in [3.63, 3.8) is 0 Å². The van der Waals surface area contributed by atoms with E-state index in [0.29, 0.717) is 0 Å². The highest BCUT2D eigenvalue weighted by Crippen LogP contribution is 2.37. The summed E-state index contributed by atoms with van der Waals surface area (Å²) in [6, 6.07) is 18.6. The van der Waals surface area contributed by atoms with Crippen molar-refractivity contribution >= 4 is 22.1 Å². The molecule has 0 aromatic heterocycles. The first-order valence-electron chi connectivity index (χ1n) is 13.3. The predicted molar refractivity (Wildman–Crippen MR) is 146 cm³/mol. The highest BCUT2D eigenvalue weighted by Gasteiger charge is 2.09. The third kappa shape index (κ3) is 7.97. The fourth-order valence-electron chi connectivity index (χ4n) is 4.35. The molecule has 0 unspecified atom stereocenters. The Balaban J connectivity index is 1.52. The smallest absolute Gasteiger partial charge is 0.147 e. The van der Waals surface area contributed by atoms with Crippen molar-refractivity contribution in [1.82, 2.24) is 0 Å². The Kier molecular flexibility index (Phi) is 11.1. The van der Waals surface area contributed by atoms with Gasteiger partial charge in [0.1, 0.15) is 11.4 Å². The minimum absolute atomic E-state index is 0.724. The van der Waals surface area contributed by atoms with Gasteiger partial charge in [-0.2, -0.15) is 5.11 Å². The molecule has 0 N–H and O–H groups in total. The molecule has 3 nitrogen and oxygen atoms in total. The number of ether oxygens (including phenoxy) is 1. The molecule has 0 amide bonds. The fourth-order valence-corrected chi connectivity index (χ4v) is 4.35. The van der Waals surface area contributed by atoms with E-state index in [1.807, 2.05) is 24.3 Å². The van der Waals surface area contributed by atoms with Crippen LogP contribution in [0.25, 0.3) is 10.8 Å². The monoisotopic (exact) mass is 458 g/mol. The second-order valence-corrected chi connectivity index (χ2v) is 9.44. The van der Waals surface area contributed by atoms with E-state index in [4.69, 9.17) is 4.74 Å². The highest BCUT2D eigenvalue weighted by atomic mass is 16.5. The predicted octanol–water partition coefficient (Wildman–Crippen LogP) is 10.6. The molecule has 3 aromatic carbocycles. The van der Waals surface area contributed by atoms with Gasteiger partial charge in [-0.15, -0.1) is 5.11 Å². The fraction of sp³-hybridized carbons (Fsp3) is 0.484. The summed E-state index contributed by atoms with van der Waals surface area (Å²) in [4.78, 5) is 0. The number of benzene rings is 3. The molecule has 0 aliphatic heterocycles. The molecule has 0 saturated heterocycles. The van der Waals surface area contributed by atoms with Crippen LogP contribution in [-0.2, 0) is 0 Å². The van der Waals surface area contributed by atoms with Crippen molar-refractivity contribution in [3.8, 4) is 5.75 Å². The Morgan fingerprint density at radius 2 is 1.32 bits per heavy atom. The van der Waals surface area contributed by atoms with Crippen LogP contribution in [0.2, 0.25) is 0 Å². The Labute approximate surface area is 206 Å². The summed E-state index contributed by atoms with van der Waals surface area (Å²) in [5, 5.41) is 11.5. The topological polar surface area (TPSA) is 34.0 Å². The number of fused-ring (bicyclic) bond motifs is 1. The van der Waals surface area contributed by atoms with Crippen molar-refractivity contribution in [2.45, 2.75) is 91.4 Å². The number of unbranched alkanes of at least 4 members (excludes halogenated alkanes) is 10. The molecule has 0 aliphatic carbocycles. The van der Waals surface area contributed by atoms with Gasteiger partial charge >= 0.3 is 0 Å². The van der Waals surface area contributed by atoms with E-state index >= 15 is 0 Å². The number of rotatable bonds is 15. The lowest BCUT2D eigenvalue weighted by atomic mass is 10.1. The van der Waals surface area contributed by atoms with Gasteiger partial charge in [0.2, 0.25) is 0 Å². The first-order chi connectivity index (χ1) is 16.7. The van der Waals surface area contributed by atoms with Gasteiger partial charge in [-0.3, -0.25) is 0 Å². The summed E-state index contributed by atoms with van der Waals surface area (Å²) in [5.74, 6) is 0.819. The third-order valence-corrected chi connectivity index (χ3v) is 6.70. The number of azo groups is 1. The molecule has 0 radical (unpaired) electrons. The first kappa shape index (κ1) is 25.9. The number of nitrogens with zero attached hydrogens (tertiary/aromatic N) is 2. The van der Waals surface area contributed by atoms with Crippen LogP contribution in [0.3, 0.4) is 0 Å². The van der Waals surface area contributed by atoms with Crippen LogP contribution in [0, 0.1) is 13.8 Å². The van der Waals surface area contributed by atoms with E-state index in [0.717, 1.165) is 46.5 Å². The second kappa shape index (κ2) is 14.6. The maximum Gasteiger partial charge on any atom is 0.147 e. The summed E-state index contributed by atoms with van der Waals surface area (Å²) >= 11 is 0. The van der Waals surface area contributed by atoms with Crippen molar-refractivity contribution in [1.29, 1.82) is 0 Å². The van der Waals surface area contributed by atoms with Gasteiger partial charge in [-0.1, -0.05) is 114 Å². The Morgan fingerprint density at radius 3 is 2.06 bits per heavy atom. The summed E-state index contributed by atoms with van der Waals surface area (Å²) in [7, 11) is 0. The largest absolute Gasteiger partial charge is 0.491 e. The number of hydrogen-bond acceptors (Lipinski definition) is 3. The van der Waals surface area contributed by atoms with Gasteiger partial charge in [0.05, 0.1) is 12.3 Å². The van der Waals surface area contributed by atoms with E-state index in [1.165, 1.54) is 69.8 Å². The normalized spacial score (nSPS) is 11.5. The van der Waals surface area contributed by atoms with Crippen LogP contribution >= 0.6 is 0 Å². The Morgan fingerprint density at radius 1 is 0.647 bits per heavy atom. The van der Waals surface area contributed by atoms with Crippen LogP contribution in [0.5, 0.6) is 5.75 Å². The van der Waals surface area contributed by atoms with Crippen molar-refractivity contribution < 1.29 is 4.74 Å². The van der Waals surface area contributed by atoms with E-state index in [-0.39, 0.29) is 0 Å². The summed E-state index contributed by atoms with van der Waals surface area (Å²) in [6.45, 7) is 7.20. The summed E-state index contributed by atoms with van der Waals surface area (Å²) in [6.07, 6.45) is 14.7. The van der Waals surface area contributed by atoms with Crippen LogP contribution in [0.4, 0.5) is 11.4 Å². The maximum atomic E-state index is 6.22. The van der Waals surface area contributed by atoms with Gasteiger partial charge in [0.25, 0.3) is 0 Å². The van der Waals surface area contributed by atoms with Crippen LogP contribution < -0.4 is 4.74 Å². The molecule has 182 valence electrons. The zero-order chi connectivity index (χ0) is 24.0. The first-order valence-corrected chi connectivity index (χ1v) is 13.3. The lowest BCUT2D eigenvalue weighted by molar-refractivity contribution is 0.305. The minimum Gasteiger partial charge on any atom is -0.491 e. The molecule has 0 aliphatic rings. The van der Waals surface area contributed by atoms with Crippen molar-refractivity contribution in [3.05, 3.63) is 65.7 Å². The average Bonchev–Trinajstić information content (AvgIpc) is 2.86. The molecule has 0 bridgehead atoms. The molecular weight excluding hydrogens is 416 g/mol. The average molecular weight is 459 g/mol. The second-order valence-electron chi connectivity index (χ2n) is 9.44. The highest BCUT2D eigenvalue weighted by molar-refractivity contribution is 5.95. The Bertz CT molecular complexity index is 1040. The molecule has 34 heavy (non-hydrogen) atoms. The molecule has 0 heterocycles. The van der Waals surface area contributed by atoms with Gasteiger partial charge < -0.3 is 4.74 Å². The third-order valence-electron chi connectivity index (χ3n) is 6.70. The van der Waals surface area contributed by atoms with Crippen molar-refractivity contribution in [2.24, 2.45) is 10.2 Å². The summed E-state index contributed by atoms with van der Waals surface area (Å²) < 4.78 is 6.22. The maximum absolute atomic E-state index is 6.22. The molecule has 0 atom stereocenters. The minimum atomic E-state index is 0.724. The quantitative estimate of drug-likeness (QED) is 0.165. The van der Waals surface area contributed by atoms with Crippen LogP contribution in [0.15, 0.2) is 64.8 Å². The zero-order valence-electron chi connectivity index (χ0n) is 21.5. The molecule has 3 aromatic rings. The molecule has 3 rings (SSSR count). The Hall–Kier alpha value is -2.68. The number of aryl methyl sites for hydroxylation is 1. The van der Waals surface area contributed by atoms with E-state index < -0.39 is 0 Å². The summed E-state index contributed by atoms with van der Waals surface area (Å²) in [5.41, 5.74) is 4.11. The zero-order valence-corrected chi connectivity index (χ0v) is 21.5. The lowest BCUT2D eigenvalue weighted by Crippen LogP contribution is -1.98. The van der Waals surface area contributed by atoms with E-state index in [1.54, 1.807) is 0 Å². The van der Waals surface area contributed by atoms with Crippen molar-refractivity contribution in [2.75, 3.05) is 6.61 Å². The van der Waals surface area contributed by atoms with E-state index in [2.05, 4.69) is 61.3 Å². The molecule has 0 spiro atoms. The molecule has 3 heteroatoms. The van der Waals surface area contributed by atoms with Gasteiger partial charge in [-0.25, -0.2) is 0 Å². The van der Waals surface area contributed by atoms with Gasteiger partial charge in [0.15, 0.2) is 0 Å². The molecule has 0 fully saturated rings. The number of hydrogen-bond donors (Lipinski definition) is 0. The van der Waals surface area contributed by atoms with Crippen LogP contribution in [-0.4, -0.2) is 6.61 Å². The lowest BCUT2D eigenvalue weighted by Gasteiger charge is -2.11. The molecule has 0 saturated carbocycles. The standard InChI is InChI=1S/C31H42N2O/c1-4-5-6-7-8-9-10-11-12-13-16-24-34-30-23-22-27-19-14-15-20-28(27)31(30)33-32-29-21-17-18-25(2)26(29)3/h14-15,17-23H,4-13,16,24H2,1-3H3. The van der Waals surface area contributed by atoms with Crippen LogP contribution in [0.1, 0.15) is 88.7 Å². The van der Waals surface area contributed by atoms with Gasteiger partial charge in [0, 0.05) is 5.39 Å². The van der Waals surface area contributed by atoms with E-state index in [9.17, 15) is 0 Å². The molecular formula is C31H42N2O. The van der Waals surface area contributed by atoms with Gasteiger partial charge in [-0.05, 0) is 48.9 Å². The SMILES string of the molecule is CCCCCCCCCCCCCOc1ccc2ccccc2c1N=Nc1cccc(C)c1C.